The normalized spacial score (nSPS) is 51.3. The van der Waals surface area contributed by atoms with Crippen LogP contribution in [0.5, 0.6) is 0 Å². The summed E-state index contributed by atoms with van der Waals surface area (Å²) in [5, 5.41) is 0. The van der Waals surface area contributed by atoms with Crippen LogP contribution in [0.1, 0.15) is 46.0 Å². The van der Waals surface area contributed by atoms with Gasteiger partial charge in [0.25, 0.3) is 0 Å². The van der Waals surface area contributed by atoms with Gasteiger partial charge in [0.15, 0.2) is 0 Å². The molecular weight excluding hydrogens is 250 g/mol. The van der Waals surface area contributed by atoms with E-state index < -0.39 is 0 Å². The number of hydrogen-bond donors (Lipinski definition) is 0. The number of carbonyl (C=O) groups excluding carboxylic acids is 1. The topological polar surface area (TPSA) is 29.5 Å². The van der Waals surface area contributed by atoms with Crippen molar-refractivity contribution < 1.29 is 9.53 Å². The molecule has 4 rings (SSSR count). The first-order valence-electron chi connectivity index (χ1n) is 8.67. The molecule has 0 aromatic rings. The first-order valence-corrected chi connectivity index (χ1v) is 8.67. The van der Waals surface area contributed by atoms with Gasteiger partial charge in [0.1, 0.15) is 6.10 Å². The van der Waals surface area contributed by atoms with Crippen LogP contribution in [0, 0.1) is 29.6 Å². The van der Waals surface area contributed by atoms with Gasteiger partial charge in [-0.1, -0.05) is 20.3 Å². The molecule has 3 saturated heterocycles. The summed E-state index contributed by atoms with van der Waals surface area (Å²) in [6.45, 7) is 6.95. The van der Waals surface area contributed by atoms with Crippen molar-refractivity contribution in [3.63, 3.8) is 0 Å². The predicted octanol–water partition coefficient (Wildman–Crippen LogP) is 2.69. The van der Waals surface area contributed by atoms with Crippen LogP contribution in [-0.2, 0) is 9.53 Å². The highest BCUT2D eigenvalue weighted by Crippen LogP contribution is 2.55. The minimum Gasteiger partial charge on any atom is -0.462 e. The molecule has 7 atom stereocenters. The summed E-state index contributed by atoms with van der Waals surface area (Å²) in [5.74, 6) is 2.80. The van der Waals surface area contributed by atoms with Gasteiger partial charge in [0.05, 0.1) is 5.92 Å². The van der Waals surface area contributed by atoms with Gasteiger partial charge in [-0.3, -0.25) is 9.69 Å². The van der Waals surface area contributed by atoms with E-state index in [1.165, 1.54) is 45.2 Å². The molecule has 0 amide bonds. The zero-order valence-electron chi connectivity index (χ0n) is 12.8. The summed E-state index contributed by atoms with van der Waals surface area (Å²) >= 11 is 0. The van der Waals surface area contributed by atoms with E-state index in [2.05, 4.69) is 18.7 Å². The number of carbonyl (C=O) groups is 1. The quantitative estimate of drug-likeness (QED) is 0.690. The van der Waals surface area contributed by atoms with Gasteiger partial charge in [0, 0.05) is 17.9 Å². The van der Waals surface area contributed by atoms with Gasteiger partial charge >= 0.3 is 5.97 Å². The molecule has 1 saturated carbocycles. The zero-order valence-corrected chi connectivity index (χ0v) is 12.8. The minimum absolute atomic E-state index is 0.0772. The van der Waals surface area contributed by atoms with Gasteiger partial charge in [-0.25, -0.2) is 0 Å². The molecular formula is C17H27NO2. The van der Waals surface area contributed by atoms with Crippen molar-refractivity contribution in [3.8, 4) is 0 Å². The number of nitrogens with zero attached hydrogens (tertiary/aromatic N) is 1. The summed E-state index contributed by atoms with van der Waals surface area (Å²) < 4.78 is 5.86. The first-order chi connectivity index (χ1) is 9.72. The smallest absolute Gasteiger partial charge is 0.309 e. The fraction of sp³-hybridized carbons (Fsp3) is 0.941. The average molecular weight is 277 g/mol. The Bertz CT molecular complexity index is 410. The maximum absolute atomic E-state index is 12.1. The van der Waals surface area contributed by atoms with Crippen LogP contribution in [0.4, 0.5) is 0 Å². The highest BCUT2D eigenvalue weighted by Gasteiger charge is 2.60. The second-order valence-electron chi connectivity index (χ2n) is 7.48. The van der Waals surface area contributed by atoms with Crippen molar-refractivity contribution in [2.24, 2.45) is 29.6 Å². The number of ether oxygens (including phenoxy) is 1. The number of esters is 1. The van der Waals surface area contributed by atoms with Crippen LogP contribution in [0.3, 0.4) is 0 Å². The molecule has 0 aromatic carbocycles. The molecule has 4 fully saturated rings. The Morgan fingerprint density at radius 3 is 2.85 bits per heavy atom. The van der Waals surface area contributed by atoms with E-state index in [9.17, 15) is 4.79 Å². The van der Waals surface area contributed by atoms with Crippen LogP contribution in [0.25, 0.3) is 0 Å². The second-order valence-corrected chi connectivity index (χ2v) is 7.48. The summed E-state index contributed by atoms with van der Waals surface area (Å²) in [4.78, 5) is 14.9. The fourth-order valence-electron chi connectivity index (χ4n) is 6.04. The van der Waals surface area contributed by atoms with Crippen molar-refractivity contribution >= 4 is 5.97 Å². The molecule has 0 radical (unpaired) electrons. The van der Waals surface area contributed by atoms with Crippen LogP contribution in [0.15, 0.2) is 0 Å². The predicted molar refractivity (Wildman–Crippen MR) is 77.1 cm³/mol. The first kappa shape index (κ1) is 13.1. The van der Waals surface area contributed by atoms with Crippen LogP contribution in [-0.4, -0.2) is 36.1 Å². The Labute approximate surface area is 122 Å². The highest BCUT2D eigenvalue weighted by molar-refractivity contribution is 5.75. The van der Waals surface area contributed by atoms with E-state index in [0.29, 0.717) is 17.8 Å². The third kappa shape index (κ3) is 1.65. The van der Waals surface area contributed by atoms with Crippen LogP contribution >= 0.6 is 0 Å². The molecule has 0 N–H and O–H groups in total. The molecule has 2 unspecified atom stereocenters. The summed E-state index contributed by atoms with van der Waals surface area (Å²) in [6, 6.07) is 0.751. The lowest BCUT2D eigenvalue weighted by Gasteiger charge is -2.48. The lowest BCUT2D eigenvalue weighted by molar-refractivity contribution is -0.148. The van der Waals surface area contributed by atoms with Gasteiger partial charge in [-0.15, -0.1) is 0 Å². The molecule has 3 nitrogen and oxygen atoms in total. The largest absolute Gasteiger partial charge is 0.462 e. The standard InChI is InChI=1S/C17H27NO2/c1-3-11-12-6-4-5-8-18-9-7-13(15(12)18)14-10(2)17(19)20-16(11)14/h10-16H,3-9H2,1-2H3/t10-,11+,12+,13+,14?,15+,16?/m0/s1. The lowest BCUT2D eigenvalue weighted by atomic mass is 9.60. The Balaban J connectivity index is 1.74. The number of hydrogen-bond acceptors (Lipinski definition) is 3. The SMILES string of the molecule is CC[C@H]1C2OC(=O)[C@@H](C)C2[C@H]2CCN3CCCC[C@H]1[C@H]23. The molecule has 3 aliphatic heterocycles. The Morgan fingerprint density at radius 2 is 2.05 bits per heavy atom. The minimum atomic E-state index is 0.0772. The summed E-state index contributed by atoms with van der Waals surface area (Å²) in [7, 11) is 0. The van der Waals surface area contributed by atoms with Crippen molar-refractivity contribution in [1.29, 1.82) is 0 Å². The van der Waals surface area contributed by atoms with Crippen molar-refractivity contribution in [3.05, 3.63) is 0 Å². The van der Waals surface area contributed by atoms with Crippen LogP contribution in [0.2, 0.25) is 0 Å². The fourth-order valence-corrected chi connectivity index (χ4v) is 6.04. The molecule has 20 heavy (non-hydrogen) atoms. The molecule has 3 heterocycles. The molecule has 0 aromatic heterocycles. The van der Waals surface area contributed by atoms with Crippen LogP contribution < -0.4 is 0 Å². The van der Waals surface area contributed by atoms with Crippen molar-refractivity contribution in [1.82, 2.24) is 4.90 Å². The maximum Gasteiger partial charge on any atom is 0.309 e. The van der Waals surface area contributed by atoms with E-state index in [0.717, 1.165) is 12.0 Å². The average Bonchev–Trinajstić information content (AvgIpc) is 2.89. The van der Waals surface area contributed by atoms with Gasteiger partial charge in [-0.05, 0) is 50.6 Å². The number of rotatable bonds is 1. The zero-order chi connectivity index (χ0) is 13.9. The second kappa shape index (κ2) is 4.72. The van der Waals surface area contributed by atoms with E-state index in [-0.39, 0.29) is 18.0 Å². The van der Waals surface area contributed by atoms with Crippen molar-refractivity contribution in [2.45, 2.75) is 58.1 Å². The van der Waals surface area contributed by atoms with E-state index >= 15 is 0 Å². The Kier molecular flexibility index (Phi) is 3.10. The molecule has 1 aliphatic carbocycles. The third-order valence-electron chi connectivity index (χ3n) is 6.80. The van der Waals surface area contributed by atoms with E-state index in [1.54, 1.807) is 0 Å². The third-order valence-corrected chi connectivity index (χ3v) is 6.80. The highest BCUT2D eigenvalue weighted by atomic mass is 16.6. The van der Waals surface area contributed by atoms with Crippen molar-refractivity contribution in [2.75, 3.05) is 13.1 Å². The van der Waals surface area contributed by atoms with E-state index in [1.807, 2.05) is 0 Å². The molecule has 112 valence electrons. The Morgan fingerprint density at radius 1 is 1.20 bits per heavy atom. The lowest BCUT2D eigenvalue weighted by Crippen LogP contribution is -2.53. The maximum atomic E-state index is 12.1. The molecule has 0 bridgehead atoms. The molecule has 4 aliphatic rings. The van der Waals surface area contributed by atoms with Gasteiger partial charge in [0.2, 0.25) is 0 Å². The number of fused-ring (bicyclic) bond motifs is 2. The molecule has 0 spiro atoms. The summed E-state index contributed by atoms with van der Waals surface area (Å²) in [5.41, 5.74) is 0. The monoisotopic (exact) mass is 277 g/mol. The van der Waals surface area contributed by atoms with E-state index in [4.69, 9.17) is 4.74 Å². The molecule has 3 heteroatoms. The Hall–Kier alpha value is -0.570. The van der Waals surface area contributed by atoms with Gasteiger partial charge in [-0.2, -0.15) is 0 Å². The summed E-state index contributed by atoms with van der Waals surface area (Å²) in [6.07, 6.45) is 6.77. The van der Waals surface area contributed by atoms with Gasteiger partial charge < -0.3 is 4.74 Å².